The van der Waals surface area contributed by atoms with Crippen LogP contribution in [-0.4, -0.2) is 57.6 Å². The lowest BCUT2D eigenvalue weighted by Crippen LogP contribution is -2.52. The van der Waals surface area contributed by atoms with Crippen molar-refractivity contribution in [1.82, 2.24) is 10.2 Å². The molecule has 2 aromatic carbocycles. The van der Waals surface area contributed by atoms with Crippen molar-refractivity contribution in [2.75, 3.05) is 30.7 Å². The van der Waals surface area contributed by atoms with Gasteiger partial charge in [-0.25, -0.2) is 8.42 Å². The second-order valence-corrected chi connectivity index (χ2v) is 9.45. The fraction of sp³-hybridized carbons (Fsp3) is 0.364. The Morgan fingerprint density at radius 2 is 1.68 bits per heavy atom. The standard InChI is InChI=1S/C22H28ClN3O4S/c1-4-20(22(28)24-2)25(15-14-17-8-6-5-7-9-17)21(27)16-26(31(3,29)30)19-12-10-18(23)11-13-19/h5-13,20H,4,14-16H2,1-3H3,(H,24,28)/t20-/m0/s1. The number of halogens is 1. The van der Waals surface area contributed by atoms with E-state index in [-0.39, 0.29) is 12.5 Å². The Morgan fingerprint density at radius 3 is 2.19 bits per heavy atom. The van der Waals surface area contributed by atoms with E-state index in [4.69, 9.17) is 11.6 Å². The van der Waals surface area contributed by atoms with Crippen LogP contribution in [0.1, 0.15) is 18.9 Å². The molecular formula is C22H28ClN3O4S. The Labute approximate surface area is 189 Å². The van der Waals surface area contributed by atoms with Crippen molar-refractivity contribution in [3.05, 3.63) is 65.2 Å². The van der Waals surface area contributed by atoms with Crippen molar-refractivity contribution < 1.29 is 18.0 Å². The summed E-state index contributed by atoms with van der Waals surface area (Å²) in [6.45, 7) is 1.69. The molecule has 0 saturated heterocycles. The van der Waals surface area contributed by atoms with Gasteiger partial charge in [0, 0.05) is 18.6 Å². The van der Waals surface area contributed by atoms with Gasteiger partial charge in [0.2, 0.25) is 21.8 Å². The maximum absolute atomic E-state index is 13.3. The number of carbonyl (C=O) groups excluding carboxylic acids is 2. The molecule has 0 aliphatic heterocycles. The minimum atomic E-state index is -3.74. The van der Waals surface area contributed by atoms with Crippen molar-refractivity contribution >= 4 is 39.1 Å². The normalized spacial score (nSPS) is 12.1. The first-order chi connectivity index (χ1) is 14.7. The lowest BCUT2D eigenvalue weighted by Gasteiger charge is -2.32. The number of sulfonamides is 1. The van der Waals surface area contributed by atoms with Gasteiger partial charge in [-0.05, 0) is 42.7 Å². The Morgan fingerprint density at radius 1 is 1.06 bits per heavy atom. The Bertz CT molecular complexity index is 982. The van der Waals surface area contributed by atoms with Gasteiger partial charge >= 0.3 is 0 Å². The number of rotatable bonds is 10. The van der Waals surface area contributed by atoms with E-state index < -0.39 is 28.5 Å². The van der Waals surface area contributed by atoms with E-state index in [1.54, 1.807) is 24.3 Å². The third kappa shape index (κ3) is 6.97. The number of benzene rings is 2. The van der Waals surface area contributed by atoms with Crippen molar-refractivity contribution in [2.24, 2.45) is 0 Å². The number of carbonyl (C=O) groups is 2. The summed E-state index contributed by atoms with van der Waals surface area (Å²) in [7, 11) is -2.23. The van der Waals surface area contributed by atoms with E-state index >= 15 is 0 Å². The summed E-state index contributed by atoms with van der Waals surface area (Å²) in [5.74, 6) is -0.743. The number of nitrogens with one attached hydrogen (secondary N) is 1. The van der Waals surface area contributed by atoms with E-state index in [1.807, 2.05) is 37.3 Å². The topological polar surface area (TPSA) is 86.8 Å². The summed E-state index contributed by atoms with van der Waals surface area (Å²) in [5.41, 5.74) is 1.35. The van der Waals surface area contributed by atoms with Gasteiger partial charge in [0.05, 0.1) is 11.9 Å². The maximum Gasteiger partial charge on any atom is 0.244 e. The van der Waals surface area contributed by atoms with Crippen LogP contribution in [0.5, 0.6) is 0 Å². The first-order valence-corrected chi connectivity index (χ1v) is 12.2. The number of hydrogen-bond donors (Lipinski definition) is 1. The fourth-order valence-corrected chi connectivity index (χ4v) is 4.26. The molecule has 0 saturated carbocycles. The maximum atomic E-state index is 13.3. The number of amides is 2. The van der Waals surface area contributed by atoms with Crippen LogP contribution in [-0.2, 0) is 26.0 Å². The van der Waals surface area contributed by atoms with Gasteiger partial charge < -0.3 is 10.2 Å². The molecule has 0 radical (unpaired) electrons. The summed E-state index contributed by atoms with van der Waals surface area (Å²) >= 11 is 5.91. The highest BCUT2D eigenvalue weighted by Crippen LogP contribution is 2.21. The quantitative estimate of drug-likeness (QED) is 0.584. The van der Waals surface area contributed by atoms with Crippen LogP contribution in [0.15, 0.2) is 54.6 Å². The molecule has 7 nitrogen and oxygen atoms in total. The second kappa shape index (κ2) is 11.2. The van der Waals surface area contributed by atoms with Gasteiger partial charge in [0.25, 0.3) is 0 Å². The number of anilines is 1. The van der Waals surface area contributed by atoms with Crippen LogP contribution in [0.2, 0.25) is 5.02 Å². The zero-order valence-electron chi connectivity index (χ0n) is 17.9. The summed E-state index contributed by atoms with van der Waals surface area (Å²) in [4.78, 5) is 27.2. The number of hydrogen-bond acceptors (Lipinski definition) is 4. The highest BCUT2D eigenvalue weighted by atomic mass is 35.5. The fourth-order valence-electron chi connectivity index (χ4n) is 3.28. The molecule has 2 aromatic rings. The molecule has 168 valence electrons. The lowest BCUT2D eigenvalue weighted by molar-refractivity contribution is -0.139. The smallest absolute Gasteiger partial charge is 0.244 e. The monoisotopic (exact) mass is 465 g/mol. The molecule has 0 bridgehead atoms. The molecule has 0 aliphatic rings. The predicted octanol–water partition coefficient (Wildman–Crippen LogP) is 2.70. The van der Waals surface area contributed by atoms with Crippen LogP contribution in [0, 0.1) is 0 Å². The number of likely N-dealkylation sites (N-methyl/N-ethyl adjacent to an activating group) is 1. The van der Waals surface area contributed by atoms with Crippen molar-refractivity contribution in [1.29, 1.82) is 0 Å². The van der Waals surface area contributed by atoms with Crippen LogP contribution >= 0.6 is 11.6 Å². The molecule has 9 heteroatoms. The van der Waals surface area contributed by atoms with Crippen LogP contribution in [0.4, 0.5) is 5.69 Å². The predicted molar refractivity (Wildman–Crippen MR) is 124 cm³/mol. The summed E-state index contributed by atoms with van der Waals surface area (Å²) in [6, 6.07) is 15.1. The largest absolute Gasteiger partial charge is 0.357 e. The zero-order valence-corrected chi connectivity index (χ0v) is 19.5. The summed E-state index contributed by atoms with van der Waals surface area (Å²) in [6.07, 6.45) is 1.99. The minimum Gasteiger partial charge on any atom is -0.357 e. The van der Waals surface area contributed by atoms with Gasteiger partial charge in [-0.1, -0.05) is 48.9 Å². The first-order valence-electron chi connectivity index (χ1n) is 9.95. The second-order valence-electron chi connectivity index (χ2n) is 7.11. The summed E-state index contributed by atoms with van der Waals surface area (Å²) in [5, 5.41) is 3.05. The lowest BCUT2D eigenvalue weighted by atomic mass is 10.1. The third-order valence-electron chi connectivity index (χ3n) is 4.91. The summed E-state index contributed by atoms with van der Waals surface area (Å²) < 4.78 is 25.9. The molecular weight excluding hydrogens is 438 g/mol. The van der Waals surface area contributed by atoms with Gasteiger partial charge in [0.15, 0.2) is 0 Å². The third-order valence-corrected chi connectivity index (χ3v) is 6.30. The Balaban J connectivity index is 2.32. The van der Waals surface area contributed by atoms with Crippen LogP contribution in [0.25, 0.3) is 0 Å². The van der Waals surface area contributed by atoms with Gasteiger partial charge in [-0.3, -0.25) is 13.9 Å². The minimum absolute atomic E-state index is 0.285. The van der Waals surface area contributed by atoms with E-state index in [0.29, 0.717) is 23.6 Å². The van der Waals surface area contributed by atoms with Crippen molar-refractivity contribution in [2.45, 2.75) is 25.8 Å². The molecule has 0 fully saturated rings. The van der Waals surface area contributed by atoms with Crippen molar-refractivity contribution in [3.8, 4) is 0 Å². The molecule has 0 aliphatic carbocycles. The van der Waals surface area contributed by atoms with Gasteiger partial charge in [0.1, 0.15) is 12.6 Å². The molecule has 2 amide bonds. The molecule has 0 aromatic heterocycles. The molecule has 0 unspecified atom stereocenters. The van der Waals surface area contributed by atoms with Gasteiger partial charge in [-0.2, -0.15) is 0 Å². The average Bonchev–Trinajstić information content (AvgIpc) is 2.75. The number of nitrogens with zero attached hydrogens (tertiary/aromatic N) is 2. The van der Waals surface area contributed by atoms with E-state index in [9.17, 15) is 18.0 Å². The first kappa shape index (κ1) is 24.7. The van der Waals surface area contributed by atoms with Crippen LogP contribution in [0.3, 0.4) is 0 Å². The van der Waals surface area contributed by atoms with Crippen molar-refractivity contribution in [3.63, 3.8) is 0 Å². The average molecular weight is 466 g/mol. The SMILES string of the molecule is CC[C@@H](C(=O)NC)N(CCc1ccccc1)C(=O)CN(c1ccc(Cl)cc1)S(C)(=O)=O. The molecule has 2 rings (SSSR count). The Hall–Kier alpha value is -2.58. The van der Waals surface area contributed by atoms with Gasteiger partial charge in [-0.15, -0.1) is 0 Å². The Kier molecular flexibility index (Phi) is 8.88. The zero-order chi connectivity index (χ0) is 23.0. The molecule has 1 N–H and O–H groups in total. The molecule has 0 heterocycles. The highest BCUT2D eigenvalue weighted by Gasteiger charge is 2.30. The van der Waals surface area contributed by atoms with Crippen LogP contribution < -0.4 is 9.62 Å². The molecule has 0 spiro atoms. The van der Waals surface area contributed by atoms with E-state index in [0.717, 1.165) is 16.1 Å². The molecule has 1 atom stereocenters. The van der Waals surface area contributed by atoms with E-state index in [2.05, 4.69) is 5.32 Å². The molecule has 31 heavy (non-hydrogen) atoms. The van der Waals surface area contributed by atoms with E-state index in [1.165, 1.54) is 11.9 Å². The highest BCUT2D eigenvalue weighted by molar-refractivity contribution is 7.92.